The number of halogens is 2. The zero-order chi connectivity index (χ0) is 15.6. The molecule has 0 fully saturated rings. The fourth-order valence-electron chi connectivity index (χ4n) is 1.85. The Bertz CT molecular complexity index is 689. The van der Waals surface area contributed by atoms with Crippen LogP contribution in [-0.2, 0) is 0 Å². The number of ketones is 1. The van der Waals surface area contributed by atoms with Crippen LogP contribution in [0.5, 0.6) is 11.5 Å². The van der Waals surface area contributed by atoms with Gasteiger partial charge in [-0.2, -0.15) is 0 Å². The van der Waals surface area contributed by atoms with Crippen LogP contribution in [-0.4, -0.2) is 25.0 Å². The molecule has 2 aromatic rings. The van der Waals surface area contributed by atoms with Gasteiger partial charge in [0.15, 0.2) is 10.9 Å². The topological polar surface area (TPSA) is 60.5 Å². The number of carbonyl (C=O) groups excluding carboxylic acids is 1. The number of nitrogens with zero attached hydrogens (tertiary/aromatic N) is 1. The molecule has 0 unspecified atom stereocenters. The van der Waals surface area contributed by atoms with Crippen LogP contribution in [0.3, 0.4) is 0 Å². The fraction of sp³-hybridized carbons (Fsp3) is 0.286. The number of benzene rings is 1. The maximum absolute atomic E-state index is 11.5. The molecule has 2 rings (SSSR count). The van der Waals surface area contributed by atoms with Gasteiger partial charge in [0.25, 0.3) is 0 Å². The minimum atomic E-state index is -0.00120. The molecule has 1 aromatic carbocycles. The van der Waals surface area contributed by atoms with E-state index in [1.54, 1.807) is 33.3 Å². The molecular weight excluding hydrogens is 347 g/mol. The maximum atomic E-state index is 11.5. The van der Waals surface area contributed by atoms with E-state index in [0.29, 0.717) is 37.9 Å². The minimum absolute atomic E-state index is 0. The van der Waals surface area contributed by atoms with Gasteiger partial charge in [-0.15, -0.1) is 12.4 Å². The first kappa shape index (κ1) is 18.5. The van der Waals surface area contributed by atoms with E-state index in [-0.39, 0.29) is 18.2 Å². The Morgan fingerprint density at radius 2 is 1.91 bits per heavy atom. The quantitative estimate of drug-likeness (QED) is 0.793. The van der Waals surface area contributed by atoms with E-state index in [1.165, 1.54) is 18.3 Å². The predicted octanol–water partition coefficient (Wildman–Crippen LogP) is 4.49. The molecule has 120 valence electrons. The number of thiazole rings is 1. The van der Waals surface area contributed by atoms with Gasteiger partial charge >= 0.3 is 0 Å². The molecule has 0 aliphatic heterocycles. The molecule has 22 heavy (non-hydrogen) atoms. The summed E-state index contributed by atoms with van der Waals surface area (Å²) in [6.07, 6.45) is 0. The van der Waals surface area contributed by atoms with Crippen molar-refractivity contribution in [1.82, 2.24) is 4.98 Å². The molecule has 0 spiro atoms. The highest BCUT2D eigenvalue weighted by Gasteiger charge is 2.15. The lowest BCUT2D eigenvalue weighted by molar-refractivity contribution is 0.102. The third kappa shape index (κ3) is 3.82. The number of hydrogen-bond donors (Lipinski definition) is 1. The largest absolute Gasteiger partial charge is 0.495 e. The van der Waals surface area contributed by atoms with Gasteiger partial charge in [-0.1, -0.05) is 22.9 Å². The van der Waals surface area contributed by atoms with E-state index >= 15 is 0 Å². The summed E-state index contributed by atoms with van der Waals surface area (Å²) in [6, 6.07) is 3.39. The summed E-state index contributed by atoms with van der Waals surface area (Å²) in [5.41, 5.74) is 1.37. The highest BCUT2D eigenvalue weighted by atomic mass is 35.5. The number of hydrogen-bond acceptors (Lipinski definition) is 6. The smallest absolute Gasteiger partial charge is 0.188 e. The number of anilines is 2. The van der Waals surface area contributed by atoms with E-state index in [1.807, 2.05) is 0 Å². The third-order valence-corrected chi connectivity index (χ3v) is 4.30. The molecule has 0 aliphatic carbocycles. The van der Waals surface area contributed by atoms with Crippen LogP contribution in [0.25, 0.3) is 0 Å². The Labute approximate surface area is 144 Å². The van der Waals surface area contributed by atoms with Gasteiger partial charge in [0.05, 0.1) is 35.5 Å². The minimum Gasteiger partial charge on any atom is -0.495 e. The maximum Gasteiger partial charge on any atom is 0.188 e. The van der Waals surface area contributed by atoms with Crippen molar-refractivity contribution >= 4 is 51.9 Å². The summed E-state index contributed by atoms with van der Waals surface area (Å²) >= 11 is 7.36. The number of ether oxygens (including phenoxy) is 2. The molecule has 1 N–H and O–H groups in total. The Kier molecular flexibility index (Phi) is 6.47. The van der Waals surface area contributed by atoms with Crippen molar-refractivity contribution in [3.8, 4) is 11.5 Å². The summed E-state index contributed by atoms with van der Waals surface area (Å²) in [5.74, 6) is 1.09. The normalized spacial score (nSPS) is 9.86. The number of rotatable bonds is 5. The Morgan fingerprint density at radius 1 is 1.27 bits per heavy atom. The Balaban J connectivity index is 0.00000242. The average molecular weight is 363 g/mol. The monoisotopic (exact) mass is 362 g/mol. The van der Waals surface area contributed by atoms with Gasteiger partial charge in [-0.3, -0.25) is 4.79 Å². The van der Waals surface area contributed by atoms with Crippen LogP contribution in [0, 0.1) is 6.92 Å². The van der Waals surface area contributed by atoms with Crippen LogP contribution in [0.2, 0.25) is 5.02 Å². The van der Waals surface area contributed by atoms with Crippen molar-refractivity contribution < 1.29 is 14.3 Å². The van der Waals surface area contributed by atoms with Gasteiger partial charge in [0.2, 0.25) is 0 Å². The molecule has 0 aliphatic rings. The molecule has 1 aromatic heterocycles. The number of carbonyl (C=O) groups is 1. The number of aromatic nitrogens is 1. The lowest BCUT2D eigenvalue weighted by Gasteiger charge is -2.12. The molecule has 8 heteroatoms. The van der Waals surface area contributed by atoms with E-state index in [9.17, 15) is 4.79 Å². The van der Waals surface area contributed by atoms with Gasteiger partial charge in [0, 0.05) is 19.1 Å². The van der Waals surface area contributed by atoms with Crippen molar-refractivity contribution in [2.24, 2.45) is 0 Å². The number of nitrogens with one attached hydrogen (secondary N) is 1. The molecule has 0 amide bonds. The van der Waals surface area contributed by atoms with Gasteiger partial charge in [0.1, 0.15) is 11.5 Å². The number of aryl methyl sites for hydroxylation is 1. The van der Waals surface area contributed by atoms with E-state index in [4.69, 9.17) is 21.1 Å². The molecule has 0 radical (unpaired) electrons. The van der Waals surface area contributed by atoms with E-state index in [2.05, 4.69) is 10.3 Å². The van der Waals surface area contributed by atoms with Crippen molar-refractivity contribution in [2.75, 3.05) is 19.5 Å². The summed E-state index contributed by atoms with van der Waals surface area (Å²) in [6.45, 7) is 3.33. The highest BCUT2D eigenvalue weighted by Crippen LogP contribution is 2.38. The SMILES string of the molecule is COc1cc(Nc2nc(C)c(C(C)=O)s2)c(OC)cc1Cl.Cl. The third-order valence-electron chi connectivity index (χ3n) is 2.83. The Hall–Kier alpha value is -1.50. The van der Waals surface area contributed by atoms with Crippen LogP contribution in [0.4, 0.5) is 10.8 Å². The van der Waals surface area contributed by atoms with Crippen molar-refractivity contribution in [3.05, 3.63) is 27.7 Å². The lowest BCUT2D eigenvalue weighted by Crippen LogP contribution is -1.96. The lowest BCUT2D eigenvalue weighted by atomic mass is 10.2. The first-order valence-corrected chi connectivity index (χ1v) is 7.32. The second-order valence-electron chi connectivity index (χ2n) is 4.30. The number of Topliss-reactive ketones (excluding diaryl/α,β-unsaturated/α-hetero) is 1. The molecule has 0 saturated carbocycles. The van der Waals surface area contributed by atoms with Gasteiger partial charge < -0.3 is 14.8 Å². The van der Waals surface area contributed by atoms with Crippen LogP contribution >= 0.6 is 35.3 Å². The zero-order valence-corrected chi connectivity index (χ0v) is 14.9. The highest BCUT2D eigenvalue weighted by molar-refractivity contribution is 7.17. The van der Waals surface area contributed by atoms with Crippen molar-refractivity contribution in [3.63, 3.8) is 0 Å². The van der Waals surface area contributed by atoms with Gasteiger partial charge in [-0.05, 0) is 6.92 Å². The number of methoxy groups -OCH3 is 2. The molecule has 0 saturated heterocycles. The summed E-state index contributed by atoms with van der Waals surface area (Å²) < 4.78 is 10.5. The van der Waals surface area contributed by atoms with Crippen LogP contribution in [0.15, 0.2) is 12.1 Å². The first-order chi connectivity index (χ1) is 9.96. The zero-order valence-electron chi connectivity index (χ0n) is 12.5. The average Bonchev–Trinajstić information content (AvgIpc) is 2.81. The van der Waals surface area contributed by atoms with Crippen LogP contribution < -0.4 is 14.8 Å². The van der Waals surface area contributed by atoms with Crippen LogP contribution in [0.1, 0.15) is 22.3 Å². The van der Waals surface area contributed by atoms with Crippen molar-refractivity contribution in [1.29, 1.82) is 0 Å². The standard InChI is InChI=1S/C14H15ClN2O3S.ClH/c1-7-13(8(2)18)21-14(16-7)17-10-6-11(19-3)9(15)5-12(10)20-4;/h5-6H,1-4H3,(H,16,17);1H. The second kappa shape index (κ2) is 7.67. The Morgan fingerprint density at radius 3 is 2.41 bits per heavy atom. The summed E-state index contributed by atoms with van der Waals surface area (Å²) in [5, 5.41) is 4.20. The molecule has 0 bridgehead atoms. The second-order valence-corrected chi connectivity index (χ2v) is 5.71. The predicted molar refractivity (Wildman–Crippen MR) is 91.9 cm³/mol. The van der Waals surface area contributed by atoms with Gasteiger partial charge in [-0.25, -0.2) is 4.98 Å². The van der Waals surface area contributed by atoms with E-state index < -0.39 is 0 Å². The first-order valence-electron chi connectivity index (χ1n) is 6.13. The van der Waals surface area contributed by atoms with E-state index in [0.717, 1.165) is 0 Å². The molecule has 5 nitrogen and oxygen atoms in total. The molecule has 0 atom stereocenters. The van der Waals surface area contributed by atoms with Crippen molar-refractivity contribution in [2.45, 2.75) is 13.8 Å². The summed E-state index contributed by atoms with van der Waals surface area (Å²) in [7, 11) is 3.09. The summed E-state index contributed by atoms with van der Waals surface area (Å²) in [4.78, 5) is 16.5. The molecular formula is C14H16Cl2N2O3S. The fourth-order valence-corrected chi connectivity index (χ4v) is 2.95. The molecule has 1 heterocycles.